The highest BCUT2D eigenvalue weighted by atomic mass is 32.1. The van der Waals surface area contributed by atoms with Crippen LogP contribution in [-0.2, 0) is 28.7 Å². The van der Waals surface area contributed by atoms with Gasteiger partial charge in [-0.2, -0.15) is 13.2 Å². The van der Waals surface area contributed by atoms with Crippen LogP contribution in [0.3, 0.4) is 0 Å². The van der Waals surface area contributed by atoms with Crippen molar-refractivity contribution in [3.63, 3.8) is 0 Å². The topological polar surface area (TPSA) is 77.4 Å². The molecular weight excluding hydrogens is 397 g/mol. The van der Waals surface area contributed by atoms with E-state index < -0.39 is 35.7 Å². The predicted molar refractivity (Wildman–Crippen MR) is 98.7 cm³/mol. The number of halogens is 3. The number of aryl methyl sites for hydroxylation is 1. The van der Waals surface area contributed by atoms with Gasteiger partial charge in [-0.3, -0.25) is 9.59 Å². The standard InChI is InChI=1S/C18H19F3N2O4S/c1-4-12-10(3)28-16(15(12)17(26)27-5-2)22-13(24)9-23-8-11(18(19,20)21)6-7-14(23)25/h6-8H,4-5,9H2,1-3H3,(H,22,24). The number of carbonyl (C=O) groups is 2. The van der Waals surface area contributed by atoms with Crippen molar-refractivity contribution >= 4 is 28.2 Å². The molecule has 1 amide bonds. The van der Waals surface area contributed by atoms with Crippen LogP contribution in [-0.4, -0.2) is 23.1 Å². The van der Waals surface area contributed by atoms with Gasteiger partial charge < -0.3 is 14.6 Å². The largest absolute Gasteiger partial charge is 0.462 e. The number of hydrogen-bond donors (Lipinski definition) is 1. The second-order valence-corrected chi connectivity index (χ2v) is 7.07. The number of aromatic nitrogens is 1. The second kappa shape index (κ2) is 8.59. The Balaban J connectivity index is 2.29. The van der Waals surface area contributed by atoms with Gasteiger partial charge in [0, 0.05) is 17.1 Å². The smallest absolute Gasteiger partial charge is 0.417 e. The molecule has 0 aliphatic heterocycles. The third-order valence-electron chi connectivity index (χ3n) is 3.92. The monoisotopic (exact) mass is 416 g/mol. The average Bonchev–Trinajstić information content (AvgIpc) is 2.90. The van der Waals surface area contributed by atoms with Gasteiger partial charge in [0.2, 0.25) is 5.91 Å². The lowest BCUT2D eigenvalue weighted by atomic mass is 10.1. The molecule has 2 heterocycles. The molecule has 0 radical (unpaired) electrons. The van der Waals surface area contributed by atoms with E-state index in [0.29, 0.717) is 23.3 Å². The molecule has 0 spiro atoms. The molecule has 0 saturated heterocycles. The fourth-order valence-electron chi connectivity index (χ4n) is 2.66. The summed E-state index contributed by atoms with van der Waals surface area (Å²) < 4.78 is 44.2. The summed E-state index contributed by atoms with van der Waals surface area (Å²) in [5, 5.41) is 2.77. The Bertz CT molecular complexity index is 947. The highest BCUT2D eigenvalue weighted by Crippen LogP contribution is 2.34. The first-order valence-electron chi connectivity index (χ1n) is 8.45. The van der Waals surface area contributed by atoms with Gasteiger partial charge in [0.15, 0.2) is 0 Å². The van der Waals surface area contributed by atoms with E-state index in [2.05, 4.69) is 5.32 Å². The van der Waals surface area contributed by atoms with Crippen LogP contribution < -0.4 is 10.9 Å². The minimum absolute atomic E-state index is 0.157. The lowest BCUT2D eigenvalue weighted by molar-refractivity contribution is -0.138. The number of pyridine rings is 1. The van der Waals surface area contributed by atoms with Crippen LogP contribution in [0.5, 0.6) is 0 Å². The Kier molecular flexibility index (Phi) is 6.65. The van der Waals surface area contributed by atoms with E-state index in [0.717, 1.165) is 16.5 Å². The maximum Gasteiger partial charge on any atom is 0.417 e. The molecule has 2 rings (SSSR count). The Hall–Kier alpha value is -2.62. The van der Waals surface area contributed by atoms with E-state index in [1.54, 1.807) is 13.8 Å². The summed E-state index contributed by atoms with van der Waals surface area (Å²) in [4.78, 5) is 37.2. The first-order valence-corrected chi connectivity index (χ1v) is 9.27. The summed E-state index contributed by atoms with van der Waals surface area (Å²) in [7, 11) is 0. The minimum atomic E-state index is -4.64. The molecular formula is C18H19F3N2O4S. The van der Waals surface area contributed by atoms with Gasteiger partial charge >= 0.3 is 12.1 Å². The van der Waals surface area contributed by atoms with Gasteiger partial charge in [-0.15, -0.1) is 11.3 Å². The molecule has 0 bridgehead atoms. The zero-order valence-electron chi connectivity index (χ0n) is 15.5. The molecule has 10 heteroatoms. The summed E-state index contributed by atoms with van der Waals surface area (Å²) in [5.74, 6) is -1.31. The Morgan fingerprint density at radius 2 is 1.93 bits per heavy atom. The van der Waals surface area contributed by atoms with Crippen LogP contribution in [0.1, 0.15) is 40.2 Å². The molecule has 6 nitrogen and oxygen atoms in total. The number of nitrogens with one attached hydrogen (secondary N) is 1. The van der Waals surface area contributed by atoms with Gasteiger partial charge in [-0.05, 0) is 31.9 Å². The fourth-order valence-corrected chi connectivity index (χ4v) is 3.80. The van der Waals surface area contributed by atoms with Crippen LogP contribution in [0.15, 0.2) is 23.1 Å². The third-order valence-corrected chi connectivity index (χ3v) is 4.98. The summed E-state index contributed by atoms with van der Waals surface area (Å²) >= 11 is 1.17. The number of alkyl halides is 3. The molecule has 0 aliphatic carbocycles. The number of ether oxygens (including phenoxy) is 1. The molecule has 0 aromatic carbocycles. The van der Waals surface area contributed by atoms with Gasteiger partial charge in [0.1, 0.15) is 11.5 Å². The number of carbonyl (C=O) groups excluding carboxylic acids is 2. The Morgan fingerprint density at radius 3 is 2.50 bits per heavy atom. The van der Waals surface area contributed by atoms with Crippen molar-refractivity contribution in [1.29, 1.82) is 0 Å². The molecule has 0 fully saturated rings. The molecule has 0 saturated carbocycles. The van der Waals surface area contributed by atoms with Gasteiger partial charge in [-0.1, -0.05) is 6.92 Å². The van der Waals surface area contributed by atoms with Gasteiger partial charge in [0.25, 0.3) is 5.56 Å². The number of nitrogens with zero attached hydrogens (tertiary/aromatic N) is 1. The van der Waals surface area contributed by atoms with Crippen LogP contribution in [0, 0.1) is 6.92 Å². The minimum Gasteiger partial charge on any atom is -0.462 e. The molecule has 1 N–H and O–H groups in total. The number of anilines is 1. The maximum absolute atomic E-state index is 12.8. The average molecular weight is 416 g/mol. The van der Waals surface area contributed by atoms with E-state index >= 15 is 0 Å². The third kappa shape index (κ3) is 4.80. The van der Waals surface area contributed by atoms with Crippen LogP contribution in [0.2, 0.25) is 0 Å². The Labute approximate surface area is 162 Å². The van der Waals surface area contributed by atoms with Crippen molar-refractivity contribution < 1.29 is 27.5 Å². The molecule has 2 aromatic rings. The van der Waals surface area contributed by atoms with Crippen molar-refractivity contribution in [2.24, 2.45) is 0 Å². The summed E-state index contributed by atoms with van der Waals surface area (Å²) in [6, 6.07) is 1.41. The highest BCUT2D eigenvalue weighted by molar-refractivity contribution is 7.16. The van der Waals surface area contributed by atoms with Gasteiger partial charge in [0.05, 0.1) is 17.7 Å². The molecule has 152 valence electrons. The predicted octanol–water partition coefficient (Wildman–Crippen LogP) is 3.61. The van der Waals surface area contributed by atoms with Crippen molar-refractivity contribution in [3.05, 3.63) is 50.3 Å². The summed E-state index contributed by atoms with van der Waals surface area (Å²) in [5.41, 5.74) is -0.815. The lowest BCUT2D eigenvalue weighted by Crippen LogP contribution is -2.28. The summed E-state index contributed by atoms with van der Waals surface area (Å²) in [6.07, 6.45) is -3.51. The number of esters is 1. The van der Waals surface area contributed by atoms with E-state index in [9.17, 15) is 27.6 Å². The van der Waals surface area contributed by atoms with Crippen LogP contribution >= 0.6 is 11.3 Å². The van der Waals surface area contributed by atoms with Crippen molar-refractivity contribution in [2.75, 3.05) is 11.9 Å². The first-order chi connectivity index (χ1) is 13.1. The Morgan fingerprint density at radius 1 is 1.25 bits per heavy atom. The van der Waals surface area contributed by atoms with Crippen molar-refractivity contribution in [2.45, 2.75) is 39.9 Å². The zero-order chi connectivity index (χ0) is 21.1. The molecule has 28 heavy (non-hydrogen) atoms. The quantitative estimate of drug-likeness (QED) is 0.730. The van der Waals surface area contributed by atoms with E-state index in [1.807, 2.05) is 6.92 Å². The molecule has 0 aliphatic rings. The van der Waals surface area contributed by atoms with Gasteiger partial charge in [-0.25, -0.2) is 4.79 Å². The molecule has 0 atom stereocenters. The molecule has 2 aromatic heterocycles. The highest BCUT2D eigenvalue weighted by Gasteiger charge is 2.31. The number of rotatable bonds is 6. The number of hydrogen-bond acceptors (Lipinski definition) is 5. The normalized spacial score (nSPS) is 11.4. The zero-order valence-corrected chi connectivity index (χ0v) is 16.3. The maximum atomic E-state index is 12.8. The van der Waals surface area contributed by atoms with Crippen molar-refractivity contribution in [1.82, 2.24) is 4.57 Å². The number of thiophene rings is 1. The second-order valence-electron chi connectivity index (χ2n) is 5.84. The van der Waals surface area contributed by atoms with E-state index in [1.165, 1.54) is 11.3 Å². The van der Waals surface area contributed by atoms with E-state index in [-0.39, 0.29) is 17.2 Å². The number of amides is 1. The van der Waals surface area contributed by atoms with Crippen LogP contribution in [0.25, 0.3) is 0 Å². The lowest BCUT2D eigenvalue weighted by Gasteiger charge is -2.11. The first kappa shape index (κ1) is 21.7. The molecule has 0 unspecified atom stereocenters. The SMILES string of the molecule is CCOC(=O)c1c(NC(=O)Cn2cc(C(F)(F)F)ccc2=O)sc(C)c1CC. The van der Waals surface area contributed by atoms with E-state index in [4.69, 9.17) is 4.74 Å². The van der Waals surface area contributed by atoms with Crippen LogP contribution in [0.4, 0.5) is 18.2 Å². The summed E-state index contributed by atoms with van der Waals surface area (Å²) in [6.45, 7) is 4.83. The van der Waals surface area contributed by atoms with Crippen molar-refractivity contribution in [3.8, 4) is 0 Å². The fraction of sp³-hybridized carbons (Fsp3) is 0.389.